The van der Waals surface area contributed by atoms with Gasteiger partial charge in [0.1, 0.15) is 0 Å². The van der Waals surface area contributed by atoms with Gasteiger partial charge in [0.15, 0.2) is 0 Å². The van der Waals surface area contributed by atoms with Gasteiger partial charge in [0, 0.05) is 5.92 Å². The maximum atomic E-state index is 12.0. The van der Waals surface area contributed by atoms with Crippen molar-refractivity contribution in [3.8, 4) is 0 Å². The smallest absolute Gasteiger partial charge is 0.223 e. The quantitative estimate of drug-likeness (QED) is 0.881. The van der Waals surface area contributed by atoms with E-state index in [2.05, 4.69) is 31.2 Å². The molecule has 1 amide bonds. The molecule has 0 aliphatic rings. The Bertz CT molecular complexity index is 589. The van der Waals surface area contributed by atoms with Crippen LogP contribution in [0.4, 0.5) is 0 Å². The van der Waals surface area contributed by atoms with Crippen molar-refractivity contribution >= 4 is 5.91 Å². The van der Waals surface area contributed by atoms with Crippen LogP contribution in [0.2, 0.25) is 0 Å². The van der Waals surface area contributed by atoms with Crippen LogP contribution in [0.25, 0.3) is 0 Å². The summed E-state index contributed by atoms with van der Waals surface area (Å²) in [6.07, 6.45) is 0. The van der Waals surface area contributed by atoms with Crippen LogP contribution >= 0.6 is 0 Å². The fourth-order valence-corrected chi connectivity index (χ4v) is 3.09. The number of primary amides is 1. The molecule has 0 fully saturated rings. The molecule has 21 heavy (non-hydrogen) atoms. The number of carbonyl (C=O) groups excluding carboxylic acids is 1. The van der Waals surface area contributed by atoms with E-state index in [1.807, 2.05) is 50.2 Å². The van der Waals surface area contributed by atoms with E-state index in [9.17, 15) is 4.79 Å². The third kappa shape index (κ3) is 3.15. The Balaban J connectivity index is 2.49. The van der Waals surface area contributed by atoms with Gasteiger partial charge < -0.3 is 5.73 Å². The van der Waals surface area contributed by atoms with E-state index >= 15 is 0 Å². The van der Waals surface area contributed by atoms with Crippen molar-refractivity contribution in [1.29, 1.82) is 0 Å². The number of hydrogen-bond donors (Lipinski definition) is 1. The second-order valence-corrected chi connectivity index (χ2v) is 6.17. The van der Waals surface area contributed by atoms with Crippen LogP contribution in [-0.4, -0.2) is 5.91 Å². The highest BCUT2D eigenvalue weighted by atomic mass is 16.1. The molecule has 2 heteroatoms. The summed E-state index contributed by atoms with van der Waals surface area (Å²) >= 11 is 0. The minimum atomic E-state index is -0.614. The van der Waals surface area contributed by atoms with Crippen LogP contribution in [0.3, 0.4) is 0 Å². The average molecular weight is 281 g/mol. The van der Waals surface area contributed by atoms with Crippen LogP contribution in [0.15, 0.2) is 60.7 Å². The van der Waals surface area contributed by atoms with Gasteiger partial charge in [-0.3, -0.25) is 4.79 Å². The summed E-state index contributed by atoms with van der Waals surface area (Å²) < 4.78 is 0. The van der Waals surface area contributed by atoms with Crippen LogP contribution in [0.5, 0.6) is 0 Å². The average Bonchev–Trinajstić information content (AvgIpc) is 2.49. The predicted octanol–water partition coefficient (Wildman–Crippen LogP) is 4.09. The largest absolute Gasteiger partial charge is 0.369 e. The molecule has 0 radical (unpaired) electrons. The topological polar surface area (TPSA) is 43.1 Å². The monoisotopic (exact) mass is 281 g/mol. The molecule has 2 aromatic carbocycles. The van der Waals surface area contributed by atoms with E-state index in [0.717, 1.165) is 5.56 Å². The van der Waals surface area contributed by atoms with Gasteiger partial charge in [-0.05, 0) is 17.0 Å². The summed E-state index contributed by atoms with van der Waals surface area (Å²) in [5.74, 6) is -0.0196. The van der Waals surface area contributed by atoms with Gasteiger partial charge in [0.2, 0.25) is 5.91 Å². The summed E-state index contributed by atoms with van der Waals surface area (Å²) in [5.41, 5.74) is 7.44. The van der Waals surface area contributed by atoms with Crippen molar-refractivity contribution in [3.63, 3.8) is 0 Å². The summed E-state index contributed by atoms with van der Waals surface area (Å²) in [6, 6.07) is 20.5. The van der Waals surface area contributed by atoms with Gasteiger partial charge in [0.05, 0.1) is 5.41 Å². The van der Waals surface area contributed by atoms with Gasteiger partial charge in [-0.25, -0.2) is 0 Å². The molecule has 0 spiro atoms. The Kier molecular flexibility index (Phi) is 4.46. The summed E-state index contributed by atoms with van der Waals surface area (Å²) in [6.45, 7) is 6.04. The number of hydrogen-bond acceptors (Lipinski definition) is 1. The first-order valence-electron chi connectivity index (χ1n) is 7.34. The molecule has 2 nitrogen and oxygen atoms in total. The lowest BCUT2D eigenvalue weighted by Gasteiger charge is -2.36. The van der Waals surface area contributed by atoms with Crippen LogP contribution in [0, 0.1) is 5.41 Å². The van der Waals surface area contributed by atoms with E-state index in [1.54, 1.807) is 0 Å². The normalized spacial score (nSPS) is 14.4. The Labute approximate surface area is 127 Å². The third-order valence-corrected chi connectivity index (χ3v) is 4.40. The second kappa shape index (κ2) is 6.13. The molecular weight excluding hydrogens is 258 g/mol. The number of carbonyl (C=O) groups is 1. The molecule has 0 saturated carbocycles. The fourth-order valence-electron chi connectivity index (χ4n) is 3.09. The molecule has 0 aliphatic heterocycles. The van der Waals surface area contributed by atoms with Crippen LogP contribution in [0.1, 0.15) is 43.7 Å². The van der Waals surface area contributed by atoms with E-state index in [4.69, 9.17) is 5.73 Å². The fraction of sp³-hybridized carbons (Fsp3) is 0.316. The standard InChI is InChI=1S/C19H23NO/c1-14(15-10-6-4-7-11-15)17(19(2,3)18(20)21)16-12-8-5-9-13-16/h4-14,17H,1-3H3,(H2,20,21). The van der Waals surface area contributed by atoms with Crippen molar-refractivity contribution in [2.75, 3.05) is 0 Å². The first-order chi connectivity index (χ1) is 9.94. The zero-order valence-electron chi connectivity index (χ0n) is 12.9. The minimum absolute atomic E-state index is 0.0404. The molecule has 110 valence electrons. The summed E-state index contributed by atoms with van der Waals surface area (Å²) in [7, 11) is 0. The second-order valence-electron chi connectivity index (χ2n) is 6.17. The summed E-state index contributed by atoms with van der Waals surface area (Å²) in [4.78, 5) is 12.0. The Morgan fingerprint density at radius 1 is 0.905 bits per heavy atom. The molecule has 2 unspecified atom stereocenters. The van der Waals surface area contributed by atoms with E-state index in [0.29, 0.717) is 0 Å². The van der Waals surface area contributed by atoms with Gasteiger partial charge in [-0.2, -0.15) is 0 Å². The Hall–Kier alpha value is -2.09. The van der Waals surface area contributed by atoms with Crippen molar-refractivity contribution < 1.29 is 4.79 Å². The molecule has 2 atom stereocenters. The molecule has 0 saturated heterocycles. The molecule has 2 N–H and O–H groups in total. The number of rotatable bonds is 5. The maximum absolute atomic E-state index is 12.0. The van der Waals surface area contributed by atoms with Gasteiger partial charge in [0.25, 0.3) is 0 Å². The zero-order valence-corrected chi connectivity index (χ0v) is 12.9. The van der Waals surface area contributed by atoms with Gasteiger partial charge >= 0.3 is 0 Å². The molecule has 2 rings (SSSR count). The molecular formula is C19H23NO. The SMILES string of the molecule is CC(c1ccccc1)C(c1ccccc1)C(C)(C)C(N)=O. The maximum Gasteiger partial charge on any atom is 0.223 e. The first-order valence-corrected chi connectivity index (χ1v) is 7.34. The lowest BCUT2D eigenvalue weighted by molar-refractivity contribution is -0.127. The number of benzene rings is 2. The lowest BCUT2D eigenvalue weighted by atomic mass is 9.66. The molecule has 2 aromatic rings. The highest BCUT2D eigenvalue weighted by Crippen LogP contribution is 2.45. The van der Waals surface area contributed by atoms with Crippen molar-refractivity contribution in [2.24, 2.45) is 11.1 Å². The molecule has 0 bridgehead atoms. The lowest BCUT2D eigenvalue weighted by Crippen LogP contribution is -2.39. The van der Waals surface area contributed by atoms with Crippen molar-refractivity contribution in [1.82, 2.24) is 0 Å². The zero-order chi connectivity index (χ0) is 15.5. The Morgan fingerprint density at radius 2 is 1.33 bits per heavy atom. The van der Waals surface area contributed by atoms with Crippen molar-refractivity contribution in [2.45, 2.75) is 32.6 Å². The van der Waals surface area contributed by atoms with Gasteiger partial charge in [-0.1, -0.05) is 81.4 Å². The minimum Gasteiger partial charge on any atom is -0.369 e. The summed E-state index contributed by atoms with van der Waals surface area (Å²) in [5, 5.41) is 0. The predicted molar refractivity (Wildman–Crippen MR) is 87.0 cm³/mol. The highest BCUT2D eigenvalue weighted by Gasteiger charge is 2.39. The van der Waals surface area contributed by atoms with Crippen LogP contribution in [-0.2, 0) is 4.79 Å². The molecule has 0 aliphatic carbocycles. The van der Waals surface area contributed by atoms with E-state index in [-0.39, 0.29) is 17.7 Å². The van der Waals surface area contributed by atoms with Crippen LogP contribution < -0.4 is 5.73 Å². The van der Waals surface area contributed by atoms with E-state index < -0.39 is 5.41 Å². The number of nitrogens with two attached hydrogens (primary N) is 1. The van der Waals surface area contributed by atoms with E-state index in [1.165, 1.54) is 5.56 Å². The third-order valence-electron chi connectivity index (χ3n) is 4.40. The Morgan fingerprint density at radius 3 is 1.76 bits per heavy atom. The molecule has 0 aromatic heterocycles. The van der Waals surface area contributed by atoms with Crippen molar-refractivity contribution in [3.05, 3.63) is 71.8 Å². The highest BCUT2D eigenvalue weighted by molar-refractivity contribution is 5.81. The first kappa shape index (κ1) is 15.3. The number of amides is 1. The van der Waals surface area contributed by atoms with Gasteiger partial charge in [-0.15, -0.1) is 0 Å². The molecule has 0 heterocycles.